The quantitative estimate of drug-likeness (QED) is 0.274. The second-order valence-corrected chi connectivity index (χ2v) is 16.4. The fourth-order valence-corrected chi connectivity index (χ4v) is 14.5. The summed E-state index contributed by atoms with van der Waals surface area (Å²) in [5.74, 6) is 4.22. The van der Waals surface area contributed by atoms with Crippen LogP contribution in [-0.4, -0.2) is 0 Å². The molecule has 0 N–H and O–H groups in total. The van der Waals surface area contributed by atoms with Gasteiger partial charge in [0.2, 0.25) is 0 Å². The van der Waals surface area contributed by atoms with Crippen molar-refractivity contribution in [3.05, 3.63) is 91.0 Å². The van der Waals surface area contributed by atoms with E-state index in [1.807, 2.05) is 0 Å². The Morgan fingerprint density at radius 3 is 1.40 bits per heavy atom. The first kappa shape index (κ1) is 16.8. The van der Waals surface area contributed by atoms with Crippen molar-refractivity contribution >= 4 is 21.1 Å². The average molecular weight is 525 g/mol. The van der Waals surface area contributed by atoms with Crippen molar-refractivity contribution in [1.82, 2.24) is 0 Å². The van der Waals surface area contributed by atoms with Crippen LogP contribution in [0.3, 0.4) is 0 Å². The molecule has 1 aliphatic carbocycles. The van der Waals surface area contributed by atoms with E-state index in [0.29, 0.717) is 5.92 Å². The van der Waals surface area contributed by atoms with E-state index in [1.165, 1.54) is 28.8 Å². The molecule has 1 saturated carbocycles. The number of rotatable bonds is 4. The zero-order chi connectivity index (χ0) is 17.0. The third-order valence-corrected chi connectivity index (χ3v) is 17.2. The van der Waals surface area contributed by atoms with E-state index in [2.05, 4.69) is 101 Å². The summed E-state index contributed by atoms with van der Waals surface area (Å²) in [5, 5.41) is 2.42. The van der Waals surface area contributed by atoms with Gasteiger partial charge in [0.25, 0.3) is 0 Å². The normalized spacial score (nSPS) is 14.6. The molecule has 4 rings (SSSR count). The zero-order valence-electron chi connectivity index (χ0n) is 14.0. The predicted octanol–water partition coefficient (Wildman–Crippen LogP) is 4.08. The van der Waals surface area contributed by atoms with Gasteiger partial charge in [0.1, 0.15) is 0 Å². The minimum absolute atomic E-state index is 0.137. The molecular formula is C23H21AuP. The van der Waals surface area contributed by atoms with Crippen molar-refractivity contribution in [2.45, 2.75) is 12.8 Å². The monoisotopic (exact) mass is 525 g/mol. The van der Waals surface area contributed by atoms with Crippen molar-refractivity contribution in [2.24, 2.45) is 5.92 Å². The van der Waals surface area contributed by atoms with Crippen LogP contribution in [0.1, 0.15) is 12.8 Å². The summed E-state index contributed by atoms with van der Waals surface area (Å²) in [6.07, 6.45) is 2.59. The molecule has 0 bridgehead atoms. The predicted molar refractivity (Wildman–Crippen MR) is 107 cm³/mol. The molecule has 0 amide bonds. The Morgan fingerprint density at radius 1 is 0.640 bits per heavy atom. The zero-order valence-corrected chi connectivity index (χ0v) is 17.1. The first-order chi connectivity index (χ1) is 12.4. The molecule has 0 aromatic heterocycles. The summed E-state index contributed by atoms with van der Waals surface area (Å²) in [6.45, 7) is 0. The molecule has 25 heavy (non-hydrogen) atoms. The fourth-order valence-electron chi connectivity index (χ4n) is 2.96. The molecule has 0 unspecified atom stereocenters. The van der Waals surface area contributed by atoms with E-state index >= 15 is 0 Å². The first-order valence-electron chi connectivity index (χ1n) is 8.64. The molecule has 3 aromatic carbocycles. The van der Waals surface area contributed by atoms with Gasteiger partial charge in [-0.3, -0.25) is 0 Å². The number of hydrogen-bond donors (Lipinski definition) is 0. The minimum atomic E-state index is -2.04. The Bertz CT molecular complexity index is 778. The van der Waals surface area contributed by atoms with Gasteiger partial charge in [0.05, 0.1) is 0 Å². The molecule has 2 heteroatoms. The SMILES string of the molecule is [C](#CC1CC1)[Au][PH](c1ccccc1)(c1ccccc1)c1ccccc1. The van der Waals surface area contributed by atoms with Crippen LogP contribution in [0.5, 0.6) is 0 Å². The summed E-state index contributed by atoms with van der Waals surface area (Å²) in [5.41, 5.74) is 0. The topological polar surface area (TPSA) is 0 Å². The van der Waals surface area contributed by atoms with Gasteiger partial charge >= 0.3 is 160 Å². The van der Waals surface area contributed by atoms with Crippen molar-refractivity contribution < 1.29 is 19.2 Å². The molecule has 0 saturated heterocycles. The number of hydrogen-bond acceptors (Lipinski definition) is 0. The van der Waals surface area contributed by atoms with Gasteiger partial charge in [-0.2, -0.15) is 0 Å². The van der Waals surface area contributed by atoms with Gasteiger partial charge in [0.15, 0.2) is 0 Å². The Morgan fingerprint density at radius 2 is 1.04 bits per heavy atom. The van der Waals surface area contributed by atoms with Crippen molar-refractivity contribution in [3.63, 3.8) is 0 Å². The Labute approximate surface area is 159 Å². The summed E-state index contributed by atoms with van der Waals surface area (Å²) in [4.78, 5) is 0. The van der Waals surface area contributed by atoms with Crippen LogP contribution in [0.2, 0.25) is 0 Å². The third-order valence-electron chi connectivity index (χ3n) is 4.42. The third kappa shape index (κ3) is 3.67. The Kier molecular flexibility index (Phi) is 5.21. The molecule has 0 aliphatic heterocycles. The van der Waals surface area contributed by atoms with Crippen molar-refractivity contribution in [3.8, 4) is 10.1 Å². The Hall–Kier alpha value is -1.61. The molecule has 1 aliphatic rings. The van der Waals surface area contributed by atoms with E-state index in [1.54, 1.807) is 0 Å². The van der Waals surface area contributed by atoms with Crippen LogP contribution < -0.4 is 15.9 Å². The molecule has 0 atom stereocenters. The van der Waals surface area contributed by atoms with Crippen LogP contribution in [0.4, 0.5) is 0 Å². The van der Waals surface area contributed by atoms with E-state index < -0.39 is 5.15 Å². The van der Waals surface area contributed by atoms with Gasteiger partial charge in [0, 0.05) is 0 Å². The van der Waals surface area contributed by atoms with Crippen molar-refractivity contribution in [1.29, 1.82) is 0 Å². The van der Waals surface area contributed by atoms with E-state index in [-0.39, 0.29) is 19.2 Å². The van der Waals surface area contributed by atoms with Crippen molar-refractivity contribution in [2.75, 3.05) is 0 Å². The molecule has 0 nitrogen and oxygen atoms in total. The standard InChI is InChI=1S/C18H15P.C5H5.Au/c1-4-10-16(11-5-1)19(17-12-6-2-7-13-17)18-14-8-3-9-15-18;1-2-5-3-4-5;/h1-15H;5H,3-4H2;/q;;-1/p+1. The summed E-state index contributed by atoms with van der Waals surface area (Å²) in [6, 6.07) is 33.4. The second-order valence-electron chi connectivity index (χ2n) is 6.27. The molecule has 0 heterocycles. The Balaban J connectivity index is 1.92. The van der Waals surface area contributed by atoms with Crippen LogP contribution in [0.15, 0.2) is 91.0 Å². The van der Waals surface area contributed by atoms with Crippen LogP contribution in [-0.2, 0) is 19.2 Å². The van der Waals surface area contributed by atoms with Gasteiger partial charge in [-0.1, -0.05) is 0 Å². The van der Waals surface area contributed by atoms with E-state index in [4.69, 9.17) is 0 Å². The van der Waals surface area contributed by atoms with Crippen LogP contribution >= 0.6 is 5.15 Å². The first-order valence-corrected chi connectivity index (χ1v) is 14.8. The van der Waals surface area contributed by atoms with Crippen LogP contribution in [0, 0.1) is 16.0 Å². The average Bonchev–Trinajstić information content (AvgIpc) is 3.52. The maximum atomic E-state index is 3.69. The molecule has 0 radical (unpaired) electrons. The molecule has 1 fully saturated rings. The van der Waals surface area contributed by atoms with Crippen LogP contribution in [0.25, 0.3) is 0 Å². The fraction of sp³-hybridized carbons (Fsp3) is 0.130. The summed E-state index contributed by atoms with van der Waals surface area (Å²) < 4.78 is 3.69. The maximum absolute atomic E-state index is 3.69. The van der Waals surface area contributed by atoms with Gasteiger partial charge in [-0.05, 0) is 0 Å². The van der Waals surface area contributed by atoms with E-state index in [0.717, 1.165) is 0 Å². The molecule has 3 aromatic rings. The molecule has 129 valence electrons. The van der Waals surface area contributed by atoms with Gasteiger partial charge < -0.3 is 0 Å². The summed E-state index contributed by atoms with van der Waals surface area (Å²) in [7, 11) is 0. The van der Waals surface area contributed by atoms with E-state index in [9.17, 15) is 0 Å². The molecule has 0 spiro atoms. The number of benzene rings is 3. The van der Waals surface area contributed by atoms with Gasteiger partial charge in [-0.25, -0.2) is 0 Å². The summed E-state index contributed by atoms with van der Waals surface area (Å²) >= 11 is -0.137. The molecular weight excluding hydrogens is 504 g/mol. The second kappa shape index (κ2) is 7.74. The van der Waals surface area contributed by atoms with Gasteiger partial charge in [-0.15, -0.1) is 0 Å².